The van der Waals surface area contributed by atoms with E-state index in [9.17, 15) is 14.4 Å². The van der Waals surface area contributed by atoms with Crippen molar-refractivity contribution in [3.63, 3.8) is 0 Å². The Bertz CT molecular complexity index is 1300. The average molecular weight is 562 g/mol. The molecule has 37 heavy (non-hydrogen) atoms. The summed E-state index contributed by atoms with van der Waals surface area (Å²) in [6.45, 7) is 7.94. The van der Waals surface area contributed by atoms with Gasteiger partial charge >= 0.3 is 5.97 Å². The quantitative estimate of drug-likeness (QED) is 0.188. The molecule has 0 radical (unpaired) electrons. The zero-order chi connectivity index (χ0) is 26.9. The maximum atomic E-state index is 12.7. The van der Waals surface area contributed by atoms with Crippen molar-refractivity contribution in [2.45, 2.75) is 31.6 Å². The van der Waals surface area contributed by atoms with Crippen LogP contribution in [0.25, 0.3) is 0 Å². The number of carbonyl (C=O) groups is 3. The number of aromatic nitrogens is 3. The van der Waals surface area contributed by atoms with Crippen LogP contribution in [0.5, 0.6) is 0 Å². The van der Waals surface area contributed by atoms with Gasteiger partial charge in [0.25, 0.3) is 5.91 Å². The molecule has 0 bridgehead atoms. The number of nitrogens with zero attached hydrogens (tertiary/aromatic N) is 3. The number of anilines is 1. The lowest BCUT2D eigenvalue weighted by atomic mass is 10.2. The molecule has 2 N–H and O–H groups in total. The summed E-state index contributed by atoms with van der Waals surface area (Å²) in [4.78, 5) is 37.0. The molecule has 0 aliphatic carbocycles. The normalized spacial score (nSPS) is 11.5. The molecule has 0 saturated heterocycles. The molecule has 1 aromatic heterocycles. The summed E-state index contributed by atoms with van der Waals surface area (Å²) in [6, 6.07) is 10.5. The zero-order valence-corrected chi connectivity index (χ0v) is 22.5. The summed E-state index contributed by atoms with van der Waals surface area (Å²) in [5.41, 5.74) is 1.23. The molecule has 0 aliphatic heterocycles. The van der Waals surface area contributed by atoms with Gasteiger partial charge in [0.15, 0.2) is 11.0 Å². The van der Waals surface area contributed by atoms with Crippen molar-refractivity contribution in [1.29, 1.82) is 0 Å². The van der Waals surface area contributed by atoms with E-state index in [4.69, 9.17) is 27.9 Å². The van der Waals surface area contributed by atoms with Gasteiger partial charge in [0.05, 0.1) is 34.6 Å². The lowest BCUT2D eigenvalue weighted by Gasteiger charge is -2.16. The van der Waals surface area contributed by atoms with Crippen LogP contribution in [-0.4, -0.2) is 44.9 Å². The number of carbonyl (C=O) groups excluding carboxylic acids is 3. The molecule has 0 spiro atoms. The van der Waals surface area contributed by atoms with E-state index in [0.29, 0.717) is 33.8 Å². The number of hydrogen-bond acceptors (Lipinski definition) is 7. The van der Waals surface area contributed by atoms with Gasteiger partial charge in [-0.15, -0.1) is 16.8 Å². The smallest absolute Gasteiger partial charge is 0.338 e. The van der Waals surface area contributed by atoms with Crippen LogP contribution in [0.15, 0.2) is 60.3 Å². The number of nitrogens with one attached hydrogen (secondary N) is 2. The van der Waals surface area contributed by atoms with Crippen LogP contribution in [0.4, 0.5) is 5.69 Å². The third-order valence-corrected chi connectivity index (χ3v) is 6.49. The molecule has 194 valence electrons. The summed E-state index contributed by atoms with van der Waals surface area (Å²) in [5.74, 6) is -0.506. The lowest BCUT2D eigenvalue weighted by molar-refractivity contribution is -0.113. The van der Waals surface area contributed by atoms with Gasteiger partial charge in [-0.2, -0.15) is 0 Å². The van der Waals surface area contributed by atoms with Gasteiger partial charge in [-0.05, 0) is 56.3 Å². The predicted octanol–water partition coefficient (Wildman–Crippen LogP) is 5.17. The monoisotopic (exact) mass is 561 g/mol. The summed E-state index contributed by atoms with van der Waals surface area (Å²) >= 11 is 13.3. The van der Waals surface area contributed by atoms with Crippen molar-refractivity contribution < 1.29 is 19.1 Å². The van der Waals surface area contributed by atoms with Gasteiger partial charge in [-0.25, -0.2) is 4.79 Å². The minimum atomic E-state index is -0.507. The molecular weight excluding hydrogens is 537 g/mol. The Labute approximate surface area is 228 Å². The van der Waals surface area contributed by atoms with Crippen LogP contribution in [0, 0.1) is 0 Å². The topological polar surface area (TPSA) is 115 Å². The fraction of sp³-hybridized carbons (Fsp3) is 0.240. The van der Waals surface area contributed by atoms with E-state index in [0.717, 1.165) is 0 Å². The summed E-state index contributed by atoms with van der Waals surface area (Å²) < 4.78 is 6.72. The fourth-order valence-corrected chi connectivity index (χ4v) is 4.52. The Morgan fingerprint density at radius 2 is 1.89 bits per heavy atom. The molecule has 3 aromatic rings. The van der Waals surface area contributed by atoms with Gasteiger partial charge in [0.2, 0.25) is 5.91 Å². The molecule has 0 unspecified atom stereocenters. The minimum Gasteiger partial charge on any atom is -0.462 e. The Balaban J connectivity index is 1.63. The number of rotatable bonds is 11. The van der Waals surface area contributed by atoms with E-state index < -0.39 is 12.0 Å². The standard InChI is InChI=1S/C25H25Cl2N5O4S/c1-4-12-32-22(15(3)28-23(34)19-11-8-17(26)13-20(19)27)30-31-25(32)37-14-21(33)29-18-9-6-16(7-10-18)24(35)36-5-2/h4,6-11,13,15H,1,5,12,14H2,2-3H3,(H,28,34)(H,29,33)/t15-/m0/s1. The second-order valence-electron chi connectivity index (χ2n) is 7.69. The van der Waals surface area contributed by atoms with E-state index in [1.807, 2.05) is 0 Å². The Kier molecular flexibility index (Phi) is 10.1. The number of halogens is 2. The van der Waals surface area contributed by atoms with Crippen LogP contribution in [0.1, 0.15) is 46.4 Å². The summed E-state index contributed by atoms with van der Waals surface area (Å²) in [6.07, 6.45) is 1.67. The highest BCUT2D eigenvalue weighted by Gasteiger charge is 2.21. The Morgan fingerprint density at radius 1 is 1.16 bits per heavy atom. The SMILES string of the molecule is C=CCn1c(SCC(=O)Nc2ccc(C(=O)OCC)cc2)nnc1[C@H](C)NC(=O)c1ccc(Cl)cc1Cl. The second-order valence-corrected chi connectivity index (χ2v) is 9.48. The molecule has 9 nitrogen and oxygen atoms in total. The van der Waals surface area contributed by atoms with Crippen molar-refractivity contribution in [3.8, 4) is 0 Å². The number of ether oxygens (including phenoxy) is 1. The summed E-state index contributed by atoms with van der Waals surface area (Å²) in [5, 5.41) is 15.2. The van der Waals surface area contributed by atoms with Crippen LogP contribution >= 0.6 is 35.0 Å². The van der Waals surface area contributed by atoms with Gasteiger partial charge in [-0.1, -0.05) is 41.0 Å². The van der Waals surface area contributed by atoms with Crippen molar-refractivity contribution in [1.82, 2.24) is 20.1 Å². The van der Waals surface area contributed by atoms with Crippen LogP contribution < -0.4 is 10.6 Å². The van der Waals surface area contributed by atoms with E-state index >= 15 is 0 Å². The zero-order valence-electron chi connectivity index (χ0n) is 20.2. The first-order valence-corrected chi connectivity index (χ1v) is 13.0. The highest BCUT2D eigenvalue weighted by Crippen LogP contribution is 2.24. The molecule has 2 amide bonds. The first-order chi connectivity index (χ1) is 17.7. The first-order valence-electron chi connectivity index (χ1n) is 11.2. The minimum absolute atomic E-state index is 0.0655. The first kappa shape index (κ1) is 28.2. The largest absolute Gasteiger partial charge is 0.462 e. The Morgan fingerprint density at radius 3 is 2.54 bits per heavy atom. The van der Waals surface area contributed by atoms with Gasteiger partial charge < -0.3 is 19.9 Å². The lowest BCUT2D eigenvalue weighted by Crippen LogP contribution is -2.29. The molecule has 12 heteroatoms. The number of hydrogen-bond donors (Lipinski definition) is 2. The van der Waals surface area contributed by atoms with Crippen molar-refractivity contribution in [2.24, 2.45) is 0 Å². The molecule has 1 atom stereocenters. The van der Waals surface area contributed by atoms with E-state index in [1.165, 1.54) is 17.8 Å². The highest BCUT2D eigenvalue weighted by atomic mass is 35.5. The maximum absolute atomic E-state index is 12.7. The predicted molar refractivity (Wildman–Crippen MR) is 144 cm³/mol. The molecule has 0 fully saturated rings. The average Bonchev–Trinajstić information content (AvgIpc) is 3.26. The molecular formula is C25H25Cl2N5O4S. The van der Waals surface area contributed by atoms with Crippen molar-refractivity contribution in [2.75, 3.05) is 17.7 Å². The van der Waals surface area contributed by atoms with Crippen molar-refractivity contribution >= 4 is 58.4 Å². The molecule has 1 heterocycles. The van der Waals surface area contributed by atoms with E-state index in [2.05, 4.69) is 27.4 Å². The third kappa shape index (κ3) is 7.58. The van der Waals surface area contributed by atoms with Crippen LogP contribution in [0.2, 0.25) is 10.0 Å². The third-order valence-electron chi connectivity index (χ3n) is 4.98. The number of allylic oxidation sites excluding steroid dienone is 1. The second kappa shape index (κ2) is 13.3. The van der Waals surface area contributed by atoms with Crippen LogP contribution in [-0.2, 0) is 16.1 Å². The number of amides is 2. The van der Waals surface area contributed by atoms with Crippen LogP contribution in [0.3, 0.4) is 0 Å². The Hall–Kier alpha value is -3.34. The molecule has 3 rings (SSSR count). The highest BCUT2D eigenvalue weighted by molar-refractivity contribution is 7.99. The summed E-state index contributed by atoms with van der Waals surface area (Å²) in [7, 11) is 0. The van der Waals surface area contributed by atoms with Gasteiger partial charge in [0.1, 0.15) is 0 Å². The van der Waals surface area contributed by atoms with E-state index in [-0.39, 0.29) is 34.8 Å². The molecule has 0 aliphatic rings. The van der Waals surface area contributed by atoms with Gasteiger partial charge in [0, 0.05) is 17.3 Å². The number of thioether (sulfide) groups is 1. The fourth-order valence-electron chi connectivity index (χ4n) is 3.27. The van der Waals surface area contributed by atoms with Gasteiger partial charge in [-0.3, -0.25) is 9.59 Å². The van der Waals surface area contributed by atoms with Crippen molar-refractivity contribution in [3.05, 3.63) is 82.1 Å². The molecule has 0 saturated carbocycles. The maximum Gasteiger partial charge on any atom is 0.338 e. The van der Waals surface area contributed by atoms with E-state index in [1.54, 1.807) is 60.9 Å². The number of benzene rings is 2. The molecule has 2 aromatic carbocycles. The number of esters is 1.